The minimum absolute atomic E-state index is 0.0377. The van der Waals surface area contributed by atoms with Crippen molar-refractivity contribution in [2.75, 3.05) is 26.2 Å². The number of aryl methyl sites for hydroxylation is 1. The molecule has 1 saturated heterocycles. The van der Waals surface area contributed by atoms with E-state index in [-0.39, 0.29) is 11.9 Å². The topological polar surface area (TPSA) is 53.4 Å². The van der Waals surface area contributed by atoms with Crippen molar-refractivity contribution in [1.29, 1.82) is 0 Å². The summed E-state index contributed by atoms with van der Waals surface area (Å²) in [7, 11) is 0. The summed E-state index contributed by atoms with van der Waals surface area (Å²) in [6.07, 6.45) is 4.47. The van der Waals surface area contributed by atoms with Crippen LogP contribution in [-0.4, -0.2) is 57.7 Å². The number of fused-ring (bicyclic) bond motifs is 1. The third-order valence-corrected chi connectivity index (χ3v) is 5.53. The van der Waals surface area contributed by atoms with Gasteiger partial charge in [-0.2, -0.15) is 5.10 Å². The summed E-state index contributed by atoms with van der Waals surface area (Å²) in [4.78, 5) is 17.4. The molecule has 6 nitrogen and oxygen atoms in total. The van der Waals surface area contributed by atoms with E-state index in [1.165, 1.54) is 12.1 Å². The molecule has 0 spiro atoms. The molecule has 0 saturated carbocycles. The number of piperidine rings is 1. The summed E-state index contributed by atoms with van der Waals surface area (Å²) >= 11 is 0. The van der Waals surface area contributed by atoms with E-state index in [1.54, 1.807) is 0 Å². The van der Waals surface area contributed by atoms with Crippen LogP contribution in [0.4, 0.5) is 0 Å². The normalized spacial score (nSPS) is 22.2. The number of likely N-dealkylation sites (tertiary alicyclic amines) is 1. The molecule has 1 N–H and O–H groups in total. The number of carbonyl (C=O) groups is 1. The molecule has 1 atom stereocenters. The van der Waals surface area contributed by atoms with Crippen molar-refractivity contribution in [3.8, 4) is 0 Å². The first-order chi connectivity index (χ1) is 12.6. The molecular weight excluding hydrogens is 326 g/mol. The highest BCUT2D eigenvalue weighted by Gasteiger charge is 2.27. The van der Waals surface area contributed by atoms with Crippen LogP contribution >= 0.6 is 0 Å². The van der Waals surface area contributed by atoms with Gasteiger partial charge in [0.2, 0.25) is 5.91 Å². The second-order valence-corrected chi connectivity index (χ2v) is 8.19. The van der Waals surface area contributed by atoms with Gasteiger partial charge >= 0.3 is 0 Å². The van der Waals surface area contributed by atoms with E-state index >= 15 is 0 Å². The number of nitrogens with zero attached hydrogens (tertiary/aromatic N) is 4. The SMILES string of the molecule is CCN1CCCC[C@@H]1C(=O)NCc1cc2n(n1)CCCN(CC(C)C)C2. The summed E-state index contributed by atoms with van der Waals surface area (Å²) in [5, 5.41) is 7.87. The Kier molecular flexibility index (Phi) is 6.70. The van der Waals surface area contributed by atoms with Gasteiger partial charge in [0.25, 0.3) is 0 Å². The van der Waals surface area contributed by atoms with Crippen LogP contribution in [0.2, 0.25) is 0 Å². The summed E-state index contributed by atoms with van der Waals surface area (Å²) in [6.45, 7) is 13.4. The number of aromatic nitrogens is 2. The lowest BCUT2D eigenvalue weighted by Gasteiger charge is -2.33. The Labute approximate surface area is 157 Å². The summed E-state index contributed by atoms with van der Waals surface area (Å²) in [5.74, 6) is 0.844. The van der Waals surface area contributed by atoms with Gasteiger partial charge in [-0.1, -0.05) is 27.2 Å². The summed E-state index contributed by atoms with van der Waals surface area (Å²) in [6, 6.07) is 2.22. The Hall–Kier alpha value is -1.40. The Bertz CT molecular complexity index is 597. The van der Waals surface area contributed by atoms with E-state index in [4.69, 9.17) is 5.10 Å². The van der Waals surface area contributed by atoms with Crippen LogP contribution in [0.15, 0.2) is 6.07 Å². The van der Waals surface area contributed by atoms with E-state index < -0.39 is 0 Å². The molecule has 3 heterocycles. The van der Waals surface area contributed by atoms with Crippen molar-refractivity contribution in [3.63, 3.8) is 0 Å². The summed E-state index contributed by atoms with van der Waals surface area (Å²) in [5.41, 5.74) is 2.26. The van der Waals surface area contributed by atoms with Gasteiger partial charge in [-0.15, -0.1) is 0 Å². The molecular formula is C20H35N5O. The largest absolute Gasteiger partial charge is 0.349 e. The highest BCUT2D eigenvalue weighted by Crippen LogP contribution is 2.18. The lowest BCUT2D eigenvalue weighted by molar-refractivity contribution is -0.127. The van der Waals surface area contributed by atoms with E-state index in [9.17, 15) is 4.79 Å². The second kappa shape index (κ2) is 9.00. The first-order valence-corrected chi connectivity index (χ1v) is 10.4. The fraction of sp³-hybridized carbons (Fsp3) is 0.800. The molecule has 146 valence electrons. The molecule has 1 amide bonds. The zero-order chi connectivity index (χ0) is 18.5. The Morgan fingerprint density at radius 2 is 2.12 bits per heavy atom. The number of nitrogens with one attached hydrogen (secondary N) is 1. The molecule has 1 aromatic rings. The monoisotopic (exact) mass is 361 g/mol. The maximum absolute atomic E-state index is 12.6. The van der Waals surface area contributed by atoms with E-state index in [2.05, 4.69) is 46.6 Å². The van der Waals surface area contributed by atoms with Crippen molar-refractivity contribution < 1.29 is 4.79 Å². The predicted molar refractivity (Wildman–Crippen MR) is 104 cm³/mol. The maximum Gasteiger partial charge on any atom is 0.237 e. The van der Waals surface area contributed by atoms with Crippen molar-refractivity contribution >= 4 is 5.91 Å². The molecule has 1 aromatic heterocycles. The van der Waals surface area contributed by atoms with Crippen LogP contribution in [0.1, 0.15) is 57.8 Å². The van der Waals surface area contributed by atoms with Gasteiger partial charge in [-0.05, 0) is 44.3 Å². The molecule has 2 aliphatic heterocycles. The molecule has 0 unspecified atom stereocenters. The van der Waals surface area contributed by atoms with E-state index in [0.717, 1.165) is 64.2 Å². The van der Waals surface area contributed by atoms with Gasteiger partial charge in [-0.3, -0.25) is 19.3 Å². The Morgan fingerprint density at radius 1 is 1.27 bits per heavy atom. The molecule has 3 rings (SSSR count). The number of likely N-dealkylation sites (N-methyl/N-ethyl adjacent to an activating group) is 1. The standard InChI is InChI=1S/C20H35N5O/c1-4-24-10-6-5-8-19(24)20(26)21-13-17-12-18-15-23(14-16(2)3)9-7-11-25(18)22-17/h12,16,19H,4-11,13-15H2,1-3H3,(H,21,26)/t19-/m1/s1. The zero-order valence-corrected chi connectivity index (χ0v) is 16.7. The minimum atomic E-state index is 0.0377. The smallest absolute Gasteiger partial charge is 0.237 e. The van der Waals surface area contributed by atoms with Crippen LogP contribution in [0.5, 0.6) is 0 Å². The van der Waals surface area contributed by atoms with Gasteiger partial charge in [0.05, 0.1) is 24.0 Å². The highest BCUT2D eigenvalue weighted by atomic mass is 16.2. The van der Waals surface area contributed by atoms with Gasteiger partial charge in [0.1, 0.15) is 0 Å². The quantitative estimate of drug-likeness (QED) is 0.844. The maximum atomic E-state index is 12.6. The average molecular weight is 362 g/mol. The molecule has 0 bridgehead atoms. The van der Waals surface area contributed by atoms with Crippen molar-refractivity contribution in [2.24, 2.45) is 5.92 Å². The Balaban J connectivity index is 1.57. The highest BCUT2D eigenvalue weighted by molar-refractivity contribution is 5.81. The fourth-order valence-corrected chi connectivity index (χ4v) is 4.31. The van der Waals surface area contributed by atoms with Crippen LogP contribution in [0, 0.1) is 5.92 Å². The van der Waals surface area contributed by atoms with Gasteiger partial charge < -0.3 is 5.32 Å². The van der Waals surface area contributed by atoms with Crippen molar-refractivity contribution in [3.05, 3.63) is 17.5 Å². The van der Waals surface area contributed by atoms with Gasteiger partial charge in [0.15, 0.2) is 0 Å². The molecule has 0 radical (unpaired) electrons. The molecule has 2 aliphatic rings. The predicted octanol–water partition coefficient (Wildman–Crippen LogP) is 2.24. The molecule has 6 heteroatoms. The van der Waals surface area contributed by atoms with Crippen LogP contribution < -0.4 is 5.32 Å². The van der Waals surface area contributed by atoms with E-state index in [1.807, 2.05) is 0 Å². The number of hydrogen-bond acceptors (Lipinski definition) is 4. The lowest BCUT2D eigenvalue weighted by Crippen LogP contribution is -2.49. The van der Waals surface area contributed by atoms with Gasteiger partial charge in [-0.25, -0.2) is 0 Å². The third-order valence-electron chi connectivity index (χ3n) is 5.53. The Morgan fingerprint density at radius 3 is 2.88 bits per heavy atom. The fourth-order valence-electron chi connectivity index (χ4n) is 4.31. The second-order valence-electron chi connectivity index (χ2n) is 8.19. The molecule has 0 aliphatic carbocycles. The third kappa shape index (κ3) is 4.86. The number of hydrogen-bond donors (Lipinski definition) is 1. The summed E-state index contributed by atoms with van der Waals surface area (Å²) < 4.78 is 2.14. The average Bonchev–Trinajstić information content (AvgIpc) is 2.91. The van der Waals surface area contributed by atoms with E-state index in [0.29, 0.717) is 12.5 Å². The van der Waals surface area contributed by atoms with Crippen molar-refractivity contribution in [1.82, 2.24) is 24.9 Å². The van der Waals surface area contributed by atoms with Crippen molar-refractivity contribution in [2.45, 2.75) is 72.1 Å². The molecule has 26 heavy (non-hydrogen) atoms. The lowest BCUT2D eigenvalue weighted by atomic mass is 10.0. The zero-order valence-electron chi connectivity index (χ0n) is 16.7. The number of carbonyl (C=O) groups excluding carboxylic acids is 1. The van der Waals surface area contributed by atoms with Crippen LogP contribution in [0.25, 0.3) is 0 Å². The first-order valence-electron chi connectivity index (χ1n) is 10.4. The number of rotatable bonds is 6. The van der Waals surface area contributed by atoms with Crippen LogP contribution in [-0.2, 0) is 24.4 Å². The van der Waals surface area contributed by atoms with Gasteiger partial charge in [0, 0.05) is 26.2 Å². The molecule has 1 fully saturated rings. The minimum Gasteiger partial charge on any atom is -0.349 e. The number of amides is 1. The van der Waals surface area contributed by atoms with Crippen LogP contribution in [0.3, 0.4) is 0 Å². The first kappa shape index (κ1) is 19.4. The molecule has 0 aromatic carbocycles.